The van der Waals surface area contributed by atoms with Crippen molar-refractivity contribution in [1.82, 2.24) is 10.3 Å². The van der Waals surface area contributed by atoms with Crippen LogP contribution in [0.1, 0.15) is 34.8 Å². The van der Waals surface area contributed by atoms with Crippen LogP contribution in [0.25, 0.3) is 0 Å². The molecule has 0 spiro atoms. The van der Waals surface area contributed by atoms with E-state index >= 15 is 0 Å². The van der Waals surface area contributed by atoms with Crippen molar-refractivity contribution in [2.75, 3.05) is 0 Å². The molecule has 1 atom stereocenters. The van der Waals surface area contributed by atoms with Gasteiger partial charge in [0, 0.05) is 10.4 Å². The third kappa shape index (κ3) is 6.34. The predicted octanol–water partition coefficient (Wildman–Crippen LogP) is 3.58. The summed E-state index contributed by atoms with van der Waals surface area (Å²) in [5.41, 5.74) is 2.60. The van der Waals surface area contributed by atoms with Crippen LogP contribution in [0.5, 0.6) is 0 Å². The molecule has 3 aromatic rings. The molecule has 1 heterocycles. The van der Waals surface area contributed by atoms with Crippen LogP contribution < -0.4 is 11.2 Å². The Morgan fingerprint density at radius 1 is 1.23 bits per heavy atom. The molecule has 0 saturated heterocycles. The van der Waals surface area contributed by atoms with Crippen molar-refractivity contribution in [2.24, 2.45) is 5.90 Å². The van der Waals surface area contributed by atoms with Crippen molar-refractivity contribution in [3.63, 3.8) is 0 Å². The molecule has 31 heavy (non-hydrogen) atoms. The van der Waals surface area contributed by atoms with E-state index in [1.807, 2.05) is 18.4 Å². The van der Waals surface area contributed by atoms with E-state index in [2.05, 4.69) is 14.6 Å². The molecule has 10 heteroatoms. The molecule has 0 radical (unpaired) electrons. The van der Waals surface area contributed by atoms with E-state index in [1.54, 1.807) is 30.3 Å². The summed E-state index contributed by atoms with van der Waals surface area (Å²) in [6.45, 7) is 2.02. The number of aryl methyl sites for hydroxylation is 1. The lowest BCUT2D eigenvalue weighted by Crippen LogP contribution is -2.31. The molecule has 0 aliphatic heterocycles. The predicted molar refractivity (Wildman–Crippen MR) is 120 cm³/mol. The number of aromatic nitrogens is 1. The van der Waals surface area contributed by atoms with Crippen LogP contribution in [0.15, 0.2) is 58.8 Å². The highest BCUT2D eigenvalue weighted by Crippen LogP contribution is 2.24. The zero-order valence-corrected chi connectivity index (χ0v) is 19.1. The second-order valence-corrected chi connectivity index (χ2v) is 9.75. The molecule has 3 rings (SSSR count). The summed E-state index contributed by atoms with van der Waals surface area (Å²) in [6, 6.07) is 13.0. The van der Waals surface area contributed by atoms with Crippen LogP contribution in [-0.4, -0.2) is 19.3 Å². The monoisotopic (exact) mass is 479 g/mol. The molecule has 0 bridgehead atoms. The average molecular weight is 480 g/mol. The fourth-order valence-corrected chi connectivity index (χ4v) is 4.75. The standard InChI is InChI=1S/C21H22ClN3O4S2/c1-2-17-13-30-21(24-17)19(25-20(26)12-15-4-3-5-16(22)10-15)11-14-6-8-18(9-7-14)31(27,28)29-23/h3-10,13,19H,2,11-12,23H2,1H3,(H,25,26)/t19-/m0/s1. The maximum Gasteiger partial charge on any atom is 0.312 e. The number of nitrogens with zero attached hydrogens (tertiary/aromatic N) is 1. The lowest BCUT2D eigenvalue weighted by molar-refractivity contribution is -0.121. The molecule has 1 amide bonds. The first-order valence-electron chi connectivity index (χ1n) is 9.51. The van der Waals surface area contributed by atoms with Gasteiger partial charge in [-0.05, 0) is 48.2 Å². The minimum absolute atomic E-state index is 0.0391. The molecule has 0 saturated carbocycles. The van der Waals surface area contributed by atoms with E-state index in [0.717, 1.165) is 28.2 Å². The fraction of sp³-hybridized carbons (Fsp3) is 0.238. The maximum absolute atomic E-state index is 12.7. The zero-order chi connectivity index (χ0) is 22.4. The highest BCUT2D eigenvalue weighted by atomic mass is 35.5. The average Bonchev–Trinajstić information content (AvgIpc) is 3.23. The third-order valence-corrected chi connectivity index (χ3v) is 6.94. The summed E-state index contributed by atoms with van der Waals surface area (Å²) < 4.78 is 27.5. The van der Waals surface area contributed by atoms with Crippen molar-refractivity contribution >= 4 is 39.0 Å². The van der Waals surface area contributed by atoms with E-state index in [-0.39, 0.29) is 23.3 Å². The smallest absolute Gasteiger partial charge is 0.312 e. The SMILES string of the molecule is CCc1csc([C@H](Cc2ccc(S(=O)(=O)ON)cc2)NC(=O)Cc2cccc(Cl)c2)n1. The van der Waals surface area contributed by atoms with Crippen molar-refractivity contribution in [2.45, 2.75) is 37.1 Å². The number of nitrogens with one attached hydrogen (secondary N) is 1. The lowest BCUT2D eigenvalue weighted by Gasteiger charge is -2.17. The summed E-state index contributed by atoms with van der Waals surface area (Å²) in [5.74, 6) is 4.67. The minimum Gasteiger partial charge on any atom is -0.346 e. The number of benzene rings is 2. The number of halogens is 1. The van der Waals surface area contributed by atoms with E-state index in [1.165, 1.54) is 23.5 Å². The van der Waals surface area contributed by atoms with Crippen molar-refractivity contribution < 1.29 is 17.5 Å². The van der Waals surface area contributed by atoms with Gasteiger partial charge in [0.15, 0.2) is 0 Å². The first-order chi connectivity index (χ1) is 14.8. The lowest BCUT2D eigenvalue weighted by atomic mass is 10.1. The topological polar surface area (TPSA) is 111 Å². The van der Waals surface area contributed by atoms with Crippen LogP contribution in [0.2, 0.25) is 5.02 Å². The molecule has 1 aromatic heterocycles. The first-order valence-corrected chi connectivity index (χ1v) is 12.2. The highest BCUT2D eigenvalue weighted by Gasteiger charge is 2.20. The van der Waals surface area contributed by atoms with Gasteiger partial charge >= 0.3 is 10.1 Å². The second kappa shape index (κ2) is 10.3. The van der Waals surface area contributed by atoms with Gasteiger partial charge < -0.3 is 5.32 Å². The van der Waals surface area contributed by atoms with Crippen molar-refractivity contribution in [3.05, 3.63) is 80.8 Å². The maximum atomic E-state index is 12.7. The molecule has 0 aliphatic carbocycles. The molecule has 0 aliphatic rings. The quantitative estimate of drug-likeness (QED) is 0.454. The molecular weight excluding hydrogens is 458 g/mol. The molecule has 3 N–H and O–H groups in total. The second-order valence-electron chi connectivity index (χ2n) is 6.86. The molecule has 2 aromatic carbocycles. The van der Waals surface area contributed by atoms with Crippen LogP contribution >= 0.6 is 22.9 Å². The molecule has 7 nitrogen and oxygen atoms in total. The number of nitrogens with two attached hydrogens (primary N) is 1. The summed E-state index contributed by atoms with van der Waals surface area (Å²) in [4.78, 5) is 17.3. The first kappa shape index (κ1) is 23.4. The molecule has 164 valence electrons. The van der Waals surface area contributed by atoms with Gasteiger partial charge in [0.1, 0.15) is 5.01 Å². The summed E-state index contributed by atoms with van der Waals surface area (Å²) >= 11 is 7.50. The van der Waals surface area contributed by atoms with E-state index in [0.29, 0.717) is 11.4 Å². The Morgan fingerprint density at radius 3 is 2.58 bits per heavy atom. The Bertz CT molecular complexity index is 1150. The van der Waals surface area contributed by atoms with Crippen LogP contribution in [0.3, 0.4) is 0 Å². The number of rotatable bonds is 9. The van der Waals surface area contributed by atoms with Gasteiger partial charge in [-0.1, -0.05) is 42.8 Å². The molecule has 0 unspecified atom stereocenters. The Hall–Kier alpha value is -2.30. The summed E-state index contributed by atoms with van der Waals surface area (Å²) in [5, 5.41) is 6.38. The number of amides is 1. The van der Waals surface area contributed by atoms with Crippen molar-refractivity contribution in [3.8, 4) is 0 Å². The minimum atomic E-state index is -3.97. The normalized spacial score (nSPS) is 12.5. The Kier molecular flexibility index (Phi) is 7.79. The fourth-order valence-electron chi connectivity index (χ4n) is 3.01. The number of hydrogen-bond acceptors (Lipinski definition) is 7. The number of thiazole rings is 1. The third-order valence-electron chi connectivity index (χ3n) is 4.60. The van der Waals surface area contributed by atoms with Gasteiger partial charge in [-0.2, -0.15) is 18.6 Å². The summed E-state index contributed by atoms with van der Waals surface area (Å²) in [6.07, 6.45) is 1.43. The van der Waals surface area contributed by atoms with Gasteiger partial charge in [0.2, 0.25) is 5.91 Å². The van der Waals surface area contributed by atoms with Gasteiger partial charge in [0.25, 0.3) is 0 Å². The van der Waals surface area contributed by atoms with Gasteiger partial charge in [-0.25, -0.2) is 4.98 Å². The Morgan fingerprint density at radius 2 is 1.97 bits per heavy atom. The van der Waals surface area contributed by atoms with Crippen LogP contribution in [0.4, 0.5) is 0 Å². The number of carbonyl (C=O) groups excluding carboxylic acids is 1. The van der Waals surface area contributed by atoms with Crippen LogP contribution in [-0.2, 0) is 38.5 Å². The number of hydrogen-bond donors (Lipinski definition) is 2. The largest absolute Gasteiger partial charge is 0.346 e. The number of carbonyl (C=O) groups is 1. The summed E-state index contributed by atoms with van der Waals surface area (Å²) in [7, 11) is -3.97. The Balaban J connectivity index is 1.79. The zero-order valence-electron chi connectivity index (χ0n) is 16.7. The highest BCUT2D eigenvalue weighted by molar-refractivity contribution is 7.86. The van der Waals surface area contributed by atoms with Crippen molar-refractivity contribution in [1.29, 1.82) is 0 Å². The van der Waals surface area contributed by atoms with E-state index in [9.17, 15) is 13.2 Å². The van der Waals surface area contributed by atoms with Gasteiger partial charge in [0.05, 0.1) is 23.1 Å². The Labute approximate surface area is 190 Å². The van der Waals surface area contributed by atoms with E-state index < -0.39 is 10.1 Å². The molecule has 0 fully saturated rings. The molecular formula is C21H22ClN3O4S2. The van der Waals surface area contributed by atoms with Gasteiger partial charge in [-0.15, -0.1) is 11.3 Å². The van der Waals surface area contributed by atoms with Gasteiger partial charge in [-0.3, -0.25) is 4.79 Å². The van der Waals surface area contributed by atoms with Crippen LogP contribution in [0, 0.1) is 0 Å². The van der Waals surface area contributed by atoms with E-state index in [4.69, 9.17) is 17.5 Å².